The van der Waals surface area contributed by atoms with Gasteiger partial charge in [-0.3, -0.25) is 4.68 Å². The van der Waals surface area contributed by atoms with Crippen LogP contribution < -0.4 is 4.74 Å². The third-order valence-corrected chi connectivity index (χ3v) is 6.70. The number of ether oxygens (including phenoxy) is 3. The maximum atomic E-state index is 12.8. The fraction of sp³-hybridized carbons (Fsp3) is 0.344. The second-order valence-electron chi connectivity index (χ2n) is 11.3. The second kappa shape index (κ2) is 12.0. The van der Waals surface area contributed by atoms with Gasteiger partial charge in [0.1, 0.15) is 18.0 Å². The molecule has 9 heteroatoms. The number of benzene rings is 3. The number of amides is 1. The molecule has 41 heavy (non-hydrogen) atoms. The Morgan fingerprint density at radius 3 is 2.22 bits per heavy atom. The first-order valence-electron chi connectivity index (χ1n) is 13.7. The smallest absolute Gasteiger partial charge is 0.410 e. The Morgan fingerprint density at radius 2 is 1.61 bits per heavy atom. The number of likely N-dealkylation sites (tertiary alicyclic amines) is 1. The van der Waals surface area contributed by atoms with E-state index in [1.54, 1.807) is 11.0 Å². The summed E-state index contributed by atoms with van der Waals surface area (Å²) < 4.78 is 18.8. The number of nitrogens with zero attached hydrogens (tertiary/aromatic N) is 3. The molecule has 2 heterocycles. The van der Waals surface area contributed by atoms with E-state index >= 15 is 0 Å². The highest BCUT2D eigenvalue weighted by Gasteiger charge is 2.34. The summed E-state index contributed by atoms with van der Waals surface area (Å²) in [7, 11) is 0. The zero-order chi connectivity index (χ0) is 29.0. The molecule has 1 fully saturated rings. The predicted octanol–water partition coefficient (Wildman–Crippen LogP) is 4.98. The molecule has 214 valence electrons. The number of hydrogen-bond acceptors (Lipinski definition) is 7. The van der Waals surface area contributed by atoms with Crippen LogP contribution in [0.3, 0.4) is 0 Å². The zero-order valence-electron chi connectivity index (χ0n) is 23.5. The number of rotatable bonds is 9. The molecule has 1 aromatic heterocycles. The minimum absolute atomic E-state index is 0.253. The Balaban J connectivity index is 1.15. The first kappa shape index (κ1) is 28.2. The summed E-state index contributed by atoms with van der Waals surface area (Å²) >= 11 is 0. The lowest BCUT2D eigenvalue weighted by molar-refractivity contribution is -0.159. The Morgan fingerprint density at radius 1 is 0.976 bits per heavy atom. The first-order chi connectivity index (χ1) is 19.6. The van der Waals surface area contributed by atoms with Gasteiger partial charge < -0.3 is 24.2 Å². The van der Waals surface area contributed by atoms with Crippen molar-refractivity contribution >= 4 is 23.0 Å². The average Bonchev–Trinajstić information content (AvgIpc) is 3.33. The topological polar surface area (TPSA) is 103 Å². The van der Waals surface area contributed by atoms with Gasteiger partial charge in [0.25, 0.3) is 0 Å². The van der Waals surface area contributed by atoms with Crippen molar-refractivity contribution in [3.05, 3.63) is 96.2 Å². The fourth-order valence-electron chi connectivity index (χ4n) is 4.69. The van der Waals surface area contributed by atoms with Crippen molar-refractivity contribution in [1.82, 2.24) is 14.7 Å². The summed E-state index contributed by atoms with van der Waals surface area (Å²) in [5.41, 5.74) is 1.91. The van der Waals surface area contributed by atoms with Crippen LogP contribution in [0.5, 0.6) is 5.75 Å². The molecule has 4 aromatic rings. The molecule has 1 atom stereocenters. The van der Waals surface area contributed by atoms with Crippen LogP contribution in [-0.2, 0) is 20.8 Å². The predicted molar refractivity (Wildman–Crippen MR) is 153 cm³/mol. The molecule has 5 rings (SSSR count). The van der Waals surface area contributed by atoms with E-state index in [9.17, 15) is 14.7 Å². The average molecular weight is 558 g/mol. The van der Waals surface area contributed by atoms with Gasteiger partial charge in [0.15, 0.2) is 12.2 Å². The second-order valence-corrected chi connectivity index (χ2v) is 11.3. The Bertz CT molecular complexity index is 1440. The number of carbonyl (C=O) groups is 2. The van der Waals surface area contributed by atoms with Crippen LogP contribution in [0.25, 0.3) is 10.9 Å². The van der Waals surface area contributed by atoms with Crippen molar-refractivity contribution in [1.29, 1.82) is 0 Å². The number of hydrogen-bond donors (Lipinski definition) is 1. The largest absolute Gasteiger partial charge is 0.490 e. The highest BCUT2D eigenvalue weighted by Crippen LogP contribution is 2.27. The van der Waals surface area contributed by atoms with E-state index in [1.807, 2.05) is 104 Å². The number of aliphatic hydroxyl groups excluding tert-OH is 1. The lowest BCUT2D eigenvalue weighted by Gasteiger charge is -2.39. The summed E-state index contributed by atoms with van der Waals surface area (Å²) in [5.74, 6) is 0.0353. The maximum absolute atomic E-state index is 12.8. The Kier molecular flexibility index (Phi) is 8.26. The molecular formula is C32H35N3O6. The van der Waals surface area contributed by atoms with Crippen LogP contribution in [-0.4, -0.2) is 63.3 Å². The van der Waals surface area contributed by atoms with Crippen molar-refractivity contribution in [2.24, 2.45) is 5.92 Å². The molecule has 0 saturated carbocycles. The highest BCUT2D eigenvalue weighted by molar-refractivity contribution is 5.79. The van der Waals surface area contributed by atoms with E-state index in [4.69, 9.17) is 14.2 Å². The van der Waals surface area contributed by atoms with Gasteiger partial charge in [-0.15, -0.1) is 0 Å². The van der Waals surface area contributed by atoms with Crippen LogP contribution >= 0.6 is 0 Å². The summed E-state index contributed by atoms with van der Waals surface area (Å²) in [4.78, 5) is 26.7. The Hall–Kier alpha value is -4.37. The van der Waals surface area contributed by atoms with E-state index in [0.717, 1.165) is 22.0 Å². The van der Waals surface area contributed by atoms with Gasteiger partial charge in [-0.1, -0.05) is 60.7 Å². The molecule has 9 nitrogen and oxygen atoms in total. The SMILES string of the molecule is CC(C)(C)OC(=O)N1CC(Cn2cc3cc(OCC(O)C(=O)OC(c4ccccc4)c4ccccc4)ccc3n2)C1. The summed E-state index contributed by atoms with van der Waals surface area (Å²) in [6, 6.07) is 24.2. The quantitative estimate of drug-likeness (QED) is 0.290. The summed E-state index contributed by atoms with van der Waals surface area (Å²) in [6.45, 7) is 7.25. The van der Waals surface area contributed by atoms with Gasteiger partial charge in [-0.05, 0) is 50.1 Å². The van der Waals surface area contributed by atoms with Crippen molar-refractivity contribution < 1.29 is 28.9 Å². The van der Waals surface area contributed by atoms with Gasteiger partial charge in [0, 0.05) is 37.1 Å². The van der Waals surface area contributed by atoms with Crippen molar-refractivity contribution in [3.8, 4) is 5.75 Å². The number of carbonyl (C=O) groups excluding carboxylic acids is 2. The number of aliphatic hydroxyl groups is 1. The Labute approximate surface area is 239 Å². The standard InChI is InChI=1S/C32H35N3O6/c1-32(2,3)41-31(38)34-17-22(18-34)19-35-20-25-16-26(14-15-27(25)33-35)39-21-28(36)30(37)40-29(23-10-6-4-7-11-23)24-12-8-5-9-13-24/h4-16,20,22,28-29,36H,17-19,21H2,1-3H3. The van der Waals surface area contributed by atoms with Crippen molar-refractivity contribution in [2.45, 2.75) is 45.1 Å². The third kappa shape index (κ3) is 7.24. The molecule has 1 aliphatic rings. The number of aromatic nitrogens is 2. The normalized spacial score (nSPS) is 14.5. The summed E-state index contributed by atoms with van der Waals surface area (Å²) in [5, 5.41) is 16.0. The molecule has 3 aromatic carbocycles. The maximum Gasteiger partial charge on any atom is 0.410 e. The van der Waals surface area contributed by atoms with E-state index < -0.39 is 23.8 Å². The van der Waals surface area contributed by atoms with Crippen LogP contribution in [0.2, 0.25) is 0 Å². The van der Waals surface area contributed by atoms with E-state index in [1.165, 1.54) is 0 Å². The minimum Gasteiger partial charge on any atom is -0.490 e. The minimum atomic E-state index is -1.46. The van der Waals surface area contributed by atoms with Crippen molar-refractivity contribution in [3.63, 3.8) is 0 Å². The number of fused-ring (bicyclic) bond motifs is 1. The third-order valence-electron chi connectivity index (χ3n) is 6.70. The molecule has 0 radical (unpaired) electrons. The fourth-order valence-corrected chi connectivity index (χ4v) is 4.69. The molecular weight excluding hydrogens is 522 g/mol. The van der Waals surface area contributed by atoms with Gasteiger partial charge in [-0.2, -0.15) is 5.10 Å². The van der Waals surface area contributed by atoms with E-state index in [2.05, 4.69) is 5.10 Å². The molecule has 0 aliphatic carbocycles. The molecule has 0 spiro atoms. The lowest BCUT2D eigenvalue weighted by atomic mass is 10.0. The molecule has 1 amide bonds. The van der Waals surface area contributed by atoms with Gasteiger partial charge >= 0.3 is 12.1 Å². The molecule has 1 N–H and O–H groups in total. The van der Waals surface area contributed by atoms with Gasteiger partial charge in [0.2, 0.25) is 0 Å². The number of esters is 1. The highest BCUT2D eigenvalue weighted by atomic mass is 16.6. The first-order valence-corrected chi connectivity index (χ1v) is 13.7. The van der Waals surface area contributed by atoms with Crippen LogP contribution in [0, 0.1) is 5.92 Å². The van der Waals surface area contributed by atoms with Crippen LogP contribution in [0.1, 0.15) is 38.0 Å². The van der Waals surface area contributed by atoms with Crippen LogP contribution in [0.4, 0.5) is 4.79 Å². The van der Waals surface area contributed by atoms with E-state index in [-0.39, 0.29) is 12.7 Å². The monoisotopic (exact) mass is 557 g/mol. The van der Waals surface area contributed by atoms with Gasteiger partial charge in [0.05, 0.1) is 5.52 Å². The zero-order valence-corrected chi connectivity index (χ0v) is 23.5. The molecule has 1 saturated heterocycles. The lowest BCUT2D eigenvalue weighted by Crippen LogP contribution is -2.52. The molecule has 0 bridgehead atoms. The summed E-state index contributed by atoms with van der Waals surface area (Å²) in [6.07, 6.45) is -0.473. The van der Waals surface area contributed by atoms with Crippen molar-refractivity contribution in [2.75, 3.05) is 19.7 Å². The van der Waals surface area contributed by atoms with Crippen LogP contribution in [0.15, 0.2) is 85.1 Å². The van der Waals surface area contributed by atoms with E-state index in [0.29, 0.717) is 31.3 Å². The molecule has 1 aliphatic heterocycles. The van der Waals surface area contributed by atoms with Gasteiger partial charge in [-0.25, -0.2) is 9.59 Å². The molecule has 1 unspecified atom stereocenters.